The Hall–Kier alpha value is -2.99. The second-order valence-electron chi connectivity index (χ2n) is 9.73. The van der Waals surface area contributed by atoms with Crippen LogP contribution in [0.1, 0.15) is 17.4 Å². The number of hydrogen-bond donors (Lipinski definition) is 8. The number of hydrogen-bond acceptors (Lipinski definition) is 14. The number of aliphatic hydroxyl groups is 8. The van der Waals surface area contributed by atoms with Gasteiger partial charge in [0, 0.05) is 11.6 Å². The number of benzene rings is 2. The van der Waals surface area contributed by atoms with Crippen LogP contribution in [0.2, 0.25) is 0 Å². The maximum atomic E-state index is 12.7. The van der Waals surface area contributed by atoms with E-state index in [0.717, 1.165) is 6.08 Å². The average molecular weight is 595 g/mol. The predicted molar refractivity (Wildman–Crippen MR) is 140 cm³/mol. The number of aliphatic hydroxyl groups excluding tert-OH is 8. The molecule has 42 heavy (non-hydrogen) atoms. The Bertz CT molecular complexity index is 1160. The van der Waals surface area contributed by atoms with Crippen LogP contribution in [0.3, 0.4) is 0 Å². The highest BCUT2D eigenvalue weighted by Crippen LogP contribution is 2.29. The molecule has 4 rings (SSSR count). The van der Waals surface area contributed by atoms with Crippen LogP contribution in [0.5, 0.6) is 5.75 Å². The fourth-order valence-electron chi connectivity index (χ4n) is 4.35. The standard InChI is InChI=1S/C28H34O14/c29-12-17-20(32)22(34)24(36)27(39-17)38-16-9-6-14(7-10-16)8-11-19(31)41-26(15-4-2-1-3-5-15)42-28-25(37)23(35)21(33)18(13-30)40-28/h1-11,17-18,20-30,32-37H,12-13H2/b11-8-/t17-,18-,20-,21-,22+,23+,24-,25-,26?,27?,28?/m1/s1. The van der Waals surface area contributed by atoms with Crippen LogP contribution in [0.15, 0.2) is 60.7 Å². The molecular weight excluding hydrogens is 560 g/mol. The molecule has 230 valence electrons. The number of carbonyl (C=O) groups excluding carboxylic acids is 1. The average Bonchev–Trinajstić information content (AvgIpc) is 3.01. The summed E-state index contributed by atoms with van der Waals surface area (Å²) < 4.78 is 27.3. The smallest absolute Gasteiger partial charge is 0.333 e. The van der Waals surface area contributed by atoms with Gasteiger partial charge in [-0.05, 0) is 23.8 Å². The Morgan fingerprint density at radius 2 is 1.29 bits per heavy atom. The Morgan fingerprint density at radius 1 is 0.738 bits per heavy atom. The van der Waals surface area contributed by atoms with Crippen molar-refractivity contribution in [1.82, 2.24) is 0 Å². The van der Waals surface area contributed by atoms with Crippen LogP contribution in [0, 0.1) is 0 Å². The summed E-state index contributed by atoms with van der Waals surface area (Å²) in [7, 11) is 0. The summed E-state index contributed by atoms with van der Waals surface area (Å²) in [6.07, 6.45) is -13.7. The summed E-state index contributed by atoms with van der Waals surface area (Å²) in [5.74, 6) is -0.605. The first-order valence-electron chi connectivity index (χ1n) is 13.1. The molecule has 8 N–H and O–H groups in total. The maximum absolute atomic E-state index is 12.7. The lowest BCUT2D eigenvalue weighted by atomic mass is 9.99. The molecule has 0 amide bonds. The van der Waals surface area contributed by atoms with E-state index >= 15 is 0 Å². The van der Waals surface area contributed by atoms with E-state index in [2.05, 4.69) is 0 Å². The third-order valence-electron chi connectivity index (χ3n) is 6.79. The van der Waals surface area contributed by atoms with E-state index in [1.165, 1.54) is 18.2 Å². The largest absolute Gasteiger partial charge is 0.462 e. The van der Waals surface area contributed by atoms with Gasteiger partial charge in [0.05, 0.1) is 13.2 Å². The van der Waals surface area contributed by atoms with Crippen LogP contribution in [0.25, 0.3) is 6.08 Å². The van der Waals surface area contributed by atoms with Crippen molar-refractivity contribution in [1.29, 1.82) is 0 Å². The molecule has 0 radical (unpaired) electrons. The van der Waals surface area contributed by atoms with E-state index in [-0.39, 0.29) is 5.75 Å². The van der Waals surface area contributed by atoms with Gasteiger partial charge in [-0.25, -0.2) is 4.79 Å². The number of ether oxygens (including phenoxy) is 5. The first-order chi connectivity index (χ1) is 20.1. The molecule has 2 aliphatic rings. The first-order valence-corrected chi connectivity index (χ1v) is 13.1. The van der Waals surface area contributed by atoms with Crippen LogP contribution in [-0.2, 0) is 23.7 Å². The van der Waals surface area contributed by atoms with E-state index < -0.39 is 86.9 Å². The Labute approximate surface area is 240 Å². The van der Waals surface area contributed by atoms with Gasteiger partial charge in [0.15, 0.2) is 6.29 Å². The monoisotopic (exact) mass is 594 g/mol. The van der Waals surface area contributed by atoms with Crippen molar-refractivity contribution in [2.24, 2.45) is 0 Å². The summed E-state index contributed by atoms with van der Waals surface area (Å²) >= 11 is 0. The highest BCUT2D eigenvalue weighted by atomic mass is 16.8. The lowest BCUT2D eigenvalue weighted by molar-refractivity contribution is -0.334. The molecule has 0 bridgehead atoms. The molecular formula is C28H34O14. The van der Waals surface area contributed by atoms with E-state index in [1.54, 1.807) is 42.5 Å². The van der Waals surface area contributed by atoms with Crippen LogP contribution >= 0.6 is 0 Å². The third kappa shape index (κ3) is 7.50. The second-order valence-corrected chi connectivity index (χ2v) is 9.73. The van der Waals surface area contributed by atoms with Crippen molar-refractivity contribution in [3.05, 3.63) is 71.8 Å². The lowest BCUT2D eigenvalue weighted by Crippen LogP contribution is -2.60. The van der Waals surface area contributed by atoms with E-state index in [4.69, 9.17) is 23.7 Å². The fourth-order valence-corrected chi connectivity index (χ4v) is 4.35. The van der Waals surface area contributed by atoms with E-state index in [0.29, 0.717) is 11.1 Å². The fraction of sp³-hybridized carbons (Fsp3) is 0.464. The van der Waals surface area contributed by atoms with Crippen LogP contribution < -0.4 is 4.74 Å². The highest BCUT2D eigenvalue weighted by Gasteiger charge is 2.46. The summed E-state index contributed by atoms with van der Waals surface area (Å²) in [5.41, 5.74) is 0.921. The zero-order chi connectivity index (χ0) is 30.4. The van der Waals surface area contributed by atoms with Gasteiger partial charge in [-0.1, -0.05) is 42.5 Å². The quantitative estimate of drug-likeness (QED) is 0.0841. The molecule has 0 aliphatic carbocycles. The van der Waals surface area contributed by atoms with Crippen LogP contribution in [-0.4, -0.2) is 121 Å². The molecule has 0 aromatic heterocycles. The molecule has 0 spiro atoms. The Kier molecular flexibility index (Phi) is 11.0. The zero-order valence-electron chi connectivity index (χ0n) is 22.1. The maximum Gasteiger partial charge on any atom is 0.333 e. The first kappa shape index (κ1) is 31.9. The minimum Gasteiger partial charge on any atom is -0.462 e. The number of rotatable bonds is 10. The van der Waals surface area contributed by atoms with Crippen molar-refractivity contribution in [3.63, 3.8) is 0 Å². The SMILES string of the molecule is O=C(/C=C\c1ccc(OC2O[C@H](CO)[C@@H](O)[C@H](O)[C@H]2O)cc1)OC(OC1O[C@H](CO)[C@@H](O)[C@H](O)[C@H]1O)c1ccccc1. The highest BCUT2D eigenvalue weighted by molar-refractivity contribution is 5.87. The van der Waals surface area contributed by atoms with Gasteiger partial charge in [-0.15, -0.1) is 0 Å². The van der Waals surface area contributed by atoms with Crippen LogP contribution in [0.4, 0.5) is 0 Å². The van der Waals surface area contributed by atoms with E-state index in [9.17, 15) is 45.6 Å². The molecule has 2 aromatic carbocycles. The zero-order valence-corrected chi connectivity index (χ0v) is 22.1. The van der Waals surface area contributed by atoms with Gasteiger partial charge < -0.3 is 64.5 Å². The summed E-state index contributed by atoms with van der Waals surface area (Å²) in [6, 6.07) is 14.4. The topological polar surface area (TPSA) is 225 Å². The predicted octanol–water partition coefficient (Wildman–Crippen LogP) is -2.06. The van der Waals surface area contributed by atoms with Gasteiger partial charge in [0.2, 0.25) is 12.6 Å². The molecule has 0 saturated carbocycles. The molecule has 14 heteroatoms. The molecule has 2 fully saturated rings. The summed E-state index contributed by atoms with van der Waals surface area (Å²) in [6.45, 7) is -1.25. The number of esters is 1. The molecule has 2 heterocycles. The van der Waals surface area contributed by atoms with Gasteiger partial charge >= 0.3 is 5.97 Å². The van der Waals surface area contributed by atoms with Crippen molar-refractivity contribution >= 4 is 12.0 Å². The van der Waals surface area contributed by atoms with Gasteiger partial charge in [0.25, 0.3) is 0 Å². The lowest BCUT2D eigenvalue weighted by Gasteiger charge is -2.40. The third-order valence-corrected chi connectivity index (χ3v) is 6.79. The molecule has 2 aromatic rings. The van der Waals surface area contributed by atoms with Crippen molar-refractivity contribution in [2.75, 3.05) is 13.2 Å². The molecule has 2 aliphatic heterocycles. The molecule has 2 saturated heterocycles. The molecule has 14 nitrogen and oxygen atoms in total. The summed E-state index contributed by atoms with van der Waals surface area (Å²) in [5, 5.41) is 79.1. The Balaban J connectivity index is 1.39. The second kappa shape index (κ2) is 14.5. The minimum absolute atomic E-state index is 0.233. The van der Waals surface area contributed by atoms with Gasteiger partial charge in [0.1, 0.15) is 54.6 Å². The van der Waals surface area contributed by atoms with E-state index in [1.807, 2.05) is 0 Å². The minimum atomic E-state index is -1.70. The molecule has 11 atom stereocenters. The van der Waals surface area contributed by atoms with Crippen molar-refractivity contribution in [2.45, 2.75) is 67.7 Å². The van der Waals surface area contributed by atoms with Crippen molar-refractivity contribution in [3.8, 4) is 5.75 Å². The van der Waals surface area contributed by atoms with Gasteiger partial charge in [-0.3, -0.25) is 0 Å². The van der Waals surface area contributed by atoms with Crippen molar-refractivity contribution < 1.29 is 69.3 Å². The normalized spacial score (nSPS) is 34.2. The van der Waals surface area contributed by atoms with Gasteiger partial charge in [-0.2, -0.15) is 0 Å². The summed E-state index contributed by atoms with van der Waals surface area (Å²) in [4.78, 5) is 12.7. The number of carbonyl (C=O) groups is 1. The Morgan fingerprint density at radius 3 is 1.86 bits per heavy atom. The molecule has 3 unspecified atom stereocenters.